The zero-order chi connectivity index (χ0) is 12.0. The van der Waals surface area contributed by atoms with Gasteiger partial charge in [-0.05, 0) is 32.8 Å². The summed E-state index contributed by atoms with van der Waals surface area (Å²) < 4.78 is 0. The van der Waals surface area contributed by atoms with Crippen LogP contribution < -0.4 is 4.90 Å². The van der Waals surface area contributed by atoms with Crippen molar-refractivity contribution in [3.63, 3.8) is 0 Å². The molecular weight excluding hydrogens is 212 g/mol. The van der Waals surface area contributed by atoms with Gasteiger partial charge in [-0.25, -0.2) is 9.97 Å². The number of hydrogen-bond acceptors (Lipinski definition) is 4. The summed E-state index contributed by atoms with van der Waals surface area (Å²) in [5, 5.41) is 0. The molecule has 3 heterocycles. The fourth-order valence-corrected chi connectivity index (χ4v) is 3.11. The molecule has 92 valence electrons. The number of nitrogens with zero attached hydrogens (tertiary/aromatic N) is 4. The minimum absolute atomic E-state index is 0.616. The molecule has 2 bridgehead atoms. The maximum atomic E-state index is 4.45. The SMILES string of the molecule is Cc1cnc(N2CC3CC2CN3C(C)C)nc1. The largest absolute Gasteiger partial charge is 0.335 e. The third kappa shape index (κ3) is 1.80. The Balaban J connectivity index is 1.76. The van der Waals surface area contributed by atoms with Gasteiger partial charge in [0.25, 0.3) is 0 Å². The van der Waals surface area contributed by atoms with Gasteiger partial charge in [0, 0.05) is 43.6 Å². The van der Waals surface area contributed by atoms with Crippen molar-refractivity contribution >= 4 is 5.95 Å². The smallest absolute Gasteiger partial charge is 0.225 e. The van der Waals surface area contributed by atoms with Crippen LogP contribution in [-0.4, -0.2) is 46.1 Å². The second kappa shape index (κ2) is 3.95. The lowest BCUT2D eigenvalue weighted by Gasteiger charge is -2.36. The average molecular weight is 232 g/mol. The number of hydrogen-bond donors (Lipinski definition) is 0. The molecule has 0 N–H and O–H groups in total. The molecule has 4 nitrogen and oxygen atoms in total. The van der Waals surface area contributed by atoms with Gasteiger partial charge in [-0.3, -0.25) is 4.90 Å². The van der Waals surface area contributed by atoms with Gasteiger partial charge in [-0.2, -0.15) is 0 Å². The van der Waals surface area contributed by atoms with E-state index in [2.05, 4.69) is 33.6 Å². The maximum Gasteiger partial charge on any atom is 0.225 e. The molecule has 3 rings (SSSR count). The highest BCUT2D eigenvalue weighted by Gasteiger charge is 2.44. The van der Waals surface area contributed by atoms with Gasteiger partial charge in [0.1, 0.15) is 0 Å². The van der Waals surface area contributed by atoms with Gasteiger partial charge in [-0.1, -0.05) is 0 Å². The van der Waals surface area contributed by atoms with Crippen LogP contribution in [0.1, 0.15) is 25.8 Å². The lowest BCUT2D eigenvalue weighted by molar-refractivity contribution is 0.190. The van der Waals surface area contributed by atoms with E-state index in [0.717, 1.165) is 18.1 Å². The van der Waals surface area contributed by atoms with Gasteiger partial charge < -0.3 is 4.90 Å². The van der Waals surface area contributed by atoms with E-state index in [1.54, 1.807) is 0 Å². The second-order valence-electron chi connectivity index (χ2n) is 5.55. The Morgan fingerprint density at radius 2 is 1.88 bits per heavy atom. The summed E-state index contributed by atoms with van der Waals surface area (Å²) >= 11 is 0. The fraction of sp³-hybridized carbons (Fsp3) is 0.692. The molecule has 1 aromatic heterocycles. The molecule has 0 spiro atoms. The van der Waals surface area contributed by atoms with Crippen molar-refractivity contribution in [2.45, 2.75) is 45.3 Å². The zero-order valence-corrected chi connectivity index (χ0v) is 10.8. The van der Waals surface area contributed by atoms with Crippen molar-refractivity contribution < 1.29 is 0 Å². The third-order valence-electron chi connectivity index (χ3n) is 3.97. The quantitative estimate of drug-likeness (QED) is 0.772. The molecule has 17 heavy (non-hydrogen) atoms. The van der Waals surface area contributed by atoms with Crippen molar-refractivity contribution in [3.05, 3.63) is 18.0 Å². The van der Waals surface area contributed by atoms with Crippen molar-refractivity contribution in [2.75, 3.05) is 18.0 Å². The first-order valence-electron chi connectivity index (χ1n) is 6.46. The number of likely N-dealkylation sites (tertiary alicyclic amines) is 1. The van der Waals surface area contributed by atoms with E-state index in [-0.39, 0.29) is 0 Å². The van der Waals surface area contributed by atoms with E-state index in [9.17, 15) is 0 Å². The van der Waals surface area contributed by atoms with E-state index < -0.39 is 0 Å². The topological polar surface area (TPSA) is 32.3 Å². The molecule has 0 aliphatic carbocycles. The molecule has 1 aromatic rings. The van der Waals surface area contributed by atoms with Crippen LogP contribution in [0, 0.1) is 6.92 Å². The van der Waals surface area contributed by atoms with Gasteiger partial charge in [0.05, 0.1) is 0 Å². The van der Waals surface area contributed by atoms with Gasteiger partial charge >= 0.3 is 0 Å². The Hall–Kier alpha value is -1.16. The molecule has 0 radical (unpaired) electrons. The first-order valence-corrected chi connectivity index (χ1v) is 6.46. The van der Waals surface area contributed by atoms with E-state index in [4.69, 9.17) is 0 Å². The number of aromatic nitrogens is 2. The number of rotatable bonds is 2. The second-order valence-corrected chi connectivity index (χ2v) is 5.55. The van der Waals surface area contributed by atoms with Crippen LogP contribution in [0.2, 0.25) is 0 Å². The first kappa shape index (κ1) is 11.0. The predicted octanol–water partition coefficient (Wildman–Crippen LogP) is 1.46. The highest BCUT2D eigenvalue weighted by atomic mass is 15.4. The first-order chi connectivity index (χ1) is 8.15. The lowest BCUT2D eigenvalue weighted by Crippen LogP contribution is -2.49. The van der Waals surface area contributed by atoms with Crippen LogP contribution in [0.3, 0.4) is 0 Å². The Labute approximate surface area is 103 Å². The average Bonchev–Trinajstić information content (AvgIpc) is 2.89. The zero-order valence-electron chi connectivity index (χ0n) is 10.8. The van der Waals surface area contributed by atoms with Crippen molar-refractivity contribution in [1.29, 1.82) is 0 Å². The molecular formula is C13H20N4. The summed E-state index contributed by atoms with van der Waals surface area (Å²) in [5.41, 5.74) is 1.13. The molecule has 0 saturated carbocycles. The number of aryl methyl sites for hydroxylation is 1. The molecule has 2 atom stereocenters. The number of anilines is 1. The van der Waals surface area contributed by atoms with Crippen LogP contribution in [0.15, 0.2) is 12.4 Å². The van der Waals surface area contributed by atoms with Gasteiger partial charge in [-0.15, -0.1) is 0 Å². The minimum Gasteiger partial charge on any atom is -0.335 e. The highest BCUT2D eigenvalue weighted by Crippen LogP contribution is 2.33. The Morgan fingerprint density at radius 1 is 1.18 bits per heavy atom. The van der Waals surface area contributed by atoms with E-state index in [1.165, 1.54) is 13.0 Å². The van der Waals surface area contributed by atoms with E-state index in [1.807, 2.05) is 19.3 Å². The van der Waals surface area contributed by atoms with E-state index >= 15 is 0 Å². The predicted molar refractivity (Wildman–Crippen MR) is 68.2 cm³/mol. The number of piperazine rings is 1. The van der Waals surface area contributed by atoms with Crippen molar-refractivity contribution in [1.82, 2.24) is 14.9 Å². The summed E-state index contributed by atoms with van der Waals surface area (Å²) in [7, 11) is 0. The van der Waals surface area contributed by atoms with Crippen LogP contribution in [0.25, 0.3) is 0 Å². The Morgan fingerprint density at radius 3 is 2.41 bits per heavy atom. The summed E-state index contributed by atoms with van der Waals surface area (Å²) in [6, 6.07) is 1.97. The van der Waals surface area contributed by atoms with Crippen LogP contribution >= 0.6 is 0 Å². The van der Waals surface area contributed by atoms with Crippen LogP contribution in [-0.2, 0) is 0 Å². The molecule has 2 saturated heterocycles. The maximum absolute atomic E-state index is 4.45. The molecule has 2 aliphatic heterocycles. The van der Waals surface area contributed by atoms with Gasteiger partial charge in [0.2, 0.25) is 5.95 Å². The fourth-order valence-electron chi connectivity index (χ4n) is 3.11. The standard InChI is InChI=1S/C13H20N4/c1-9(2)16-7-12-4-11(16)8-17(12)13-14-5-10(3)6-15-13/h5-6,9,11-12H,4,7-8H2,1-3H3. The van der Waals surface area contributed by atoms with Crippen LogP contribution in [0.4, 0.5) is 5.95 Å². The van der Waals surface area contributed by atoms with Crippen molar-refractivity contribution in [3.8, 4) is 0 Å². The normalized spacial score (nSPS) is 28.4. The summed E-state index contributed by atoms with van der Waals surface area (Å²) in [4.78, 5) is 13.9. The van der Waals surface area contributed by atoms with Gasteiger partial charge in [0.15, 0.2) is 0 Å². The molecule has 0 amide bonds. The van der Waals surface area contributed by atoms with Crippen molar-refractivity contribution in [2.24, 2.45) is 0 Å². The third-order valence-corrected chi connectivity index (χ3v) is 3.97. The number of fused-ring (bicyclic) bond motifs is 2. The summed E-state index contributed by atoms with van der Waals surface area (Å²) in [6.07, 6.45) is 5.10. The molecule has 2 aliphatic rings. The molecule has 2 fully saturated rings. The van der Waals surface area contributed by atoms with E-state index in [0.29, 0.717) is 18.1 Å². The molecule has 0 aromatic carbocycles. The minimum atomic E-state index is 0.616. The molecule has 4 heteroatoms. The monoisotopic (exact) mass is 232 g/mol. The van der Waals surface area contributed by atoms with Crippen LogP contribution in [0.5, 0.6) is 0 Å². The molecule has 2 unspecified atom stereocenters. The lowest BCUT2D eigenvalue weighted by atomic mass is 10.2. The summed E-state index contributed by atoms with van der Waals surface area (Å²) in [6.45, 7) is 8.85. The summed E-state index contributed by atoms with van der Waals surface area (Å²) in [5.74, 6) is 0.909. The Bertz CT molecular complexity index is 400. The Kier molecular flexibility index (Phi) is 2.54. The highest BCUT2D eigenvalue weighted by molar-refractivity contribution is 5.37.